The average Bonchev–Trinajstić information content (AvgIpc) is 2.72. The number of carboxylic acid groups (broad SMARTS) is 1. The van der Waals surface area contributed by atoms with Crippen LogP contribution in [0, 0.1) is 5.41 Å². The van der Waals surface area contributed by atoms with Crippen molar-refractivity contribution < 1.29 is 24.1 Å². The fourth-order valence-electron chi connectivity index (χ4n) is 3.88. The zero-order valence-electron chi connectivity index (χ0n) is 19.1. The highest BCUT2D eigenvalue weighted by Gasteiger charge is 2.37. The topological polar surface area (TPSA) is 86.7 Å². The molecule has 1 atom stereocenters. The Balaban J connectivity index is 1.43. The quantitative estimate of drug-likeness (QED) is 0.437. The van der Waals surface area contributed by atoms with Gasteiger partial charge in [0.1, 0.15) is 0 Å². The highest BCUT2D eigenvalue weighted by Crippen LogP contribution is 2.27. The Morgan fingerprint density at radius 1 is 0.867 bits per heavy atom. The van der Waals surface area contributed by atoms with E-state index in [9.17, 15) is 9.90 Å². The minimum Gasteiger partial charge on any atom is -0.465 e. The van der Waals surface area contributed by atoms with Crippen molar-refractivity contribution >= 4 is 6.09 Å². The molecule has 9 nitrogen and oxygen atoms in total. The van der Waals surface area contributed by atoms with E-state index in [0.29, 0.717) is 39.6 Å². The third-order valence-corrected chi connectivity index (χ3v) is 5.77. The minimum atomic E-state index is -0.823. The summed E-state index contributed by atoms with van der Waals surface area (Å²) in [5.41, 5.74) is -0.0845. The number of piperazine rings is 2. The summed E-state index contributed by atoms with van der Waals surface area (Å²) in [7, 11) is 0. The van der Waals surface area contributed by atoms with Crippen LogP contribution in [0.3, 0.4) is 0 Å². The standard InChI is InChI=1S/C21H42N4O5/c1-21(2,3)19-18-24(8-9-25(19)20(26)27)11-13-29-15-17-30-16-14-28-12-10-23-6-4-22-5-7-23/h19,22H,4-18H2,1-3H3,(H,26,27). The first kappa shape index (κ1) is 25.3. The van der Waals surface area contributed by atoms with Crippen molar-refractivity contribution in [1.82, 2.24) is 20.0 Å². The molecule has 2 rings (SSSR count). The lowest BCUT2D eigenvalue weighted by atomic mass is 9.84. The van der Waals surface area contributed by atoms with Crippen molar-refractivity contribution in [2.75, 3.05) is 98.5 Å². The second-order valence-corrected chi connectivity index (χ2v) is 9.09. The van der Waals surface area contributed by atoms with E-state index in [4.69, 9.17) is 14.2 Å². The molecule has 0 aromatic rings. The first-order chi connectivity index (χ1) is 14.4. The van der Waals surface area contributed by atoms with Crippen LogP contribution in [0.5, 0.6) is 0 Å². The molecule has 176 valence electrons. The lowest BCUT2D eigenvalue weighted by Gasteiger charge is -2.46. The summed E-state index contributed by atoms with van der Waals surface area (Å²) >= 11 is 0. The van der Waals surface area contributed by atoms with Gasteiger partial charge in [-0.3, -0.25) is 9.80 Å². The smallest absolute Gasteiger partial charge is 0.407 e. The van der Waals surface area contributed by atoms with Gasteiger partial charge in [0, 0.05) is 58.9 Å². The average molecular weight is 431 g/mol. The number of hydrogen-bond donors (Lipinski definition) is 2. The summed E-state index contributed by atoms with van der Waals surface area (Å²) in [4.78, 5) is 17.8. The van der Waals surface area contributed by atoms with E-state index in [1.807, 2.05) is 0 Å². The summed E-state index contributed by atoms with van der Waals surface area (Å²) in [6, 6.07) is -0.00124. The second kappa shape index (κ2) is 13.4. The fourth-order valence-corrected chi connectivity index (χ4v) is 3.88. The highest BCUT2D eigenvalue weighted by atomic mass is 16.5. The maximum Gasteiger partial charge on any atom is 0.407 e. The van der Waals surface area contributed by atoms with Crippen molar-refractivity contribution in [3.8, 4) is 0 Å². The van der Waals surface area contributed by atoms with E-state index < -0.39 is 6.09 Å². The molecule has 0 aliphatic carbocycles. The van der Waals surface area contributed by atoms with E-state index in [-0.39, 0.29) is 11.5 Å². The summed E-state index contributed by atoms with van der Waals surface area (Å²) in [6.45, 7) is 18.2. The van der Waals surface area contributed by atoms with Crippen LogP contribution in [-0.4, -0.2) is 130 Å². The SMILES string of the molecule is CC(C)(C)C1CN(CCOCCOCCOCCN2CCNCC2)CCN1C(=O)O. The molecule has 1 amide bonds. The predicted molar refractivity (Wildman–Crippen MR) is 116 cm³/mol. The van der Waals surface area contributed by atoms with Crippen LogP contribution in [-0.2, 0) is 14.2 Å². The predicted octanol–water partition coefficient (Wildman–Crippen LogP) is 0.652. The maximum absolute atomic E-state index is 11.5. The molecule has 9 heteroatoms. The summed E-state index contributed by atoms with van der Waals surface area (Å²) in [5, 5.41) is 12.8. The Hall–Kier alpha value is -0.970. The van der Waals surface area contributed by atoms with Gasteiger partial charge in [-0.1, -0.05) is 20.8 Å². The van der Waals surface area contributed by atoms with Gasteiger partial charge in [-0.25, -0.2) is 4.79 Å². The largest absolute Gasteiger partial charge is 0.465 e. The van der Waals surface area contributed by atoms with E-state index in [1.165, 1.54) is 0 Å². The molecule has 2 N–H and O–H groups in total. The van der Waals surface area contributed by atoms with Crippen LogP contribution in [0.2, 0.25) is 0 Å². The van der Waals surface area contributed by atoms with Gasteiger partial charge in [0.25, 0.3) is 0 Å². The van der Waals surface area contributed by atoms with E-state index in [2.05, 4.69) is 35.9 Å². The van der Waals surface area contributed by atoms with Crippen LogP contribution in [0.1, 0.15) is 20.8 Å². The van der Waals surface area contributed by atoms with Crippen LogP contribution in [0.25, 0.3) is 0 Å². The van der Waals surface area contributed by atoms with Crippen molar-refractivity contribution in [2.45, 2.75) is 26.8 Å². The number of nitrogens with zero attached hydrogens (tertiary/aromatic N) is 3. The number of rotatable bonds is 12. The molecule has 0 saturated carbocycles. The first-order valence-electron chi connectivity index (χ1n) is 11.3. The van der Waals surface area contributed by atoms with E-state index >= 15 is 0 Å². The van der Waals surface area contributed by atoms with Gasteiger partial charge < -0.3 is 29.5 Å². The van der Waals surface area contributed by atoms with E-state index in [1.54, 1.807) is 4.90 Å². The Bertz CT molecular complexity index is 483. The molecular formula is C21H42N4O5. The molecule has 0 aromatic carbocycles. The van der Waals surface area contributed by atoms with Crippen molar-refractivity contribution in [3.05, 3.63) is 0 Å². The Kier molecular flexibility index (Phi) is 11.3. The van der Waals surface area contributed by atoms with Crippen LogP contribution in [0.4, 0.5) is 4.79 Å². The molecule has 2 aliphatic rings. The zero-order chi connectivity index (χ0) is 21.8. The van der Waals surface area contributed by atoms with Gasteiger partial charge in [-0.15, -0.1) is 0 Å². The Labute approximate surface area is 181 Å². The monoisotopic (exact) mass is 430 g/mol. The number of carbonyl (C=O) groups is 1. The highest BCUT2D eigenvalue weighted by molar-refractivity contribution is 5.65. The van der Waals surface area contributed by atoms with Crippen LogP contribution >= 0.6 is 0 Å². The van der Waals surface area contributed by atoms with E-state index in [0.717, 1.165) is 59.0 Å². The zero-order valence-corrected chi connectivity index (χ0v) is 19.1. The fraction of sp³-hybridized carbons (Fsp3) is 0.952. The van der Waals surface area contributed by atoms with Gasteiger partial charge in [-0.2, -0.15) is 0 Å². The molecule has 2 heterocycles. The van der Waals surface area contributed by atoms with Crippen molar-refractivity contribution in [3.63, 3.8) is 0 Å². The third-order valence-electron chi connectivity index (χ3n) is 5.77. The number of nitrogens with one attached hydrogen (secondary N) is 1. The van der Waals surface area contributed by atoms with Gasteiger partial charge in [0.05, 0.1) is 45.7 Å². The van der Waals surface area contributed by atoms with Gasteiger partial charge >= 0.3 is 6.09 Å². The number of ether oxygens (including phenoxy) is 3. The molecule has 30 heavy (non-hydrogen) atoms. The molecule has 2 saturated heterocycles. The summed E-state index contributed by atoms with van der Waals surface area (Å²) in [6.07, 6.45) is -0.823. The molecule has 1 unspecified atom stereocenters. The second-order valence-electron chi connectivity index (χ2n) is 9.09. The number of amides is 1. The third kappa shape index (κ3) is 9.45. The van der Waals surface area contributed by atoms with Crippen molar-refractivity contribution in [1.29, 1.82) is 0 Å². The number of hydrogen-bond acceptors (Lipinski definition) is 7. The molecule has 0 aromatic heterocycles. The van der Waals surface area contributed by atoms with Crippen LogP contribution in [0.15, 0.2) is 0 Å². The molecule has 2 fully saturated rings. The summed E-state index contributed by atoms with van der Waals surface area (Å²) in [5.74, 6) is 0. The molecule has 0 radical (unpaired) electrons. The van der Waals surface area contributed by atoms with Crippen LogP contribution < -0.4 is 5.32 Å². The van der Waals surface area contributed by atoms with Gasteiger partial charge in [0.2, 0.25) is 0 Å². The Morgan fingerprint density at radius 3 is 1.93 bits per heavy atom. The van der Waals surface area contributed by atoms with Gasteiger partial charge in [0.15, 0.2) is 0 Å². The first-order valence-corrected chi connectivity index (χ1v) is 11.3. The molecule has 2 aliphatic heterocycles. The summed E-state index contributed by atoms with van der Waals surface area (Å²) < 4.78 is 16.9. The minimum absolute atomic E-state index is 0.00124. The lowest BCUT2D eigenvalue weighted by Crippen LogP contribution is -2.59. The lowest BCUT2D eigenvalue weighted by molar-refractivity contribution is -0.00678. The maximum atomic E-state index is 11.5. The van der Waals surface area contributed by atoms with Crippen molar-refractivity contribution in [2.24, 2.45) is 5.41 Å². The Morgan fingerprint density at radius 2 is 1.40 bits per heavy atom. The van der Waals surface area contributed by atoms with Gasteiger partial charge in [-0.05, 0) is 5.41 Å². The molecule has 0 bridgehead atoms. The normalized spacial score (nSPS) is 21.8. The molecular weight excluding hydrogens is 388 g/mol. The molecule has 0 spiro atoms.